The van der Waals surface area contributed by atoms with E-state index in [1.54, 1.807) is 7.11 Å². The van der Waals surface area contributed by atoms with Gasteiger partial charge in [-0.15, -0.1) is 0 Å². The highest BCUT2D eigenvalue weighted by molar-refractivity contribution is 5.63. The minimum atomic E-state index is 0.856. The van der Waals surface area contributed by atoms with Crippen molar-refractivity contribution in [2.75, 3.05) is 7.11 Å². The SMILES string of the molecule is CCCCc1cc(-c2ccc(C)cc2)n(-c2ccc(OC)cc2)n1. The molecular formula is C21H24N2O. The summed E-state index contributed by atoms with van der Waals surface area (Å²) in [6.07, 6.45) is 3.35. The van der Waals surface area contributed by atoms with Gasteiger partial charge in [-0.3, -0.25) is 0 Å². The van der Waals surface area contributed by atoms with E-state index in [0.29, 0.717) is 0 Å². The smallest absolute Gasteiger partial charge is 0.119 e. The molecule has 24 heavy (non-hydrogen) atoms. The summed E-state index contributed by atoms with van der Waals surface area (Å²) in [5.41, 5.74) is 5.77. The summed E-state index contributed by atoms with van der Waals surface area (Å²) in [5, 5.41) is 4.85. The van der Waals surface area contributed by atoms with Crippen molar-refractivity contribution in [2.45, 2.75) is 33.1 Å². The molecule has 3 nitrogen and oxygen atoms in total. The fourth-order valence-electron chi connectivity index (χ4n) is 2.76. The monoisotopic (exact) mass is 320 g/mol. The largest absolute Gasteiger partial charge is 0.497 e. The van der Waals surface area contributed by atoms with Gasteiger partial charge in [-0.1, -0.05) is 43.2 Å². The Hall–Kier alpha value is -2.55. The Morgan fingerprint density at radius 1 is 1.00 bits per heavy atom. The first-order chi connectivity index (χ1) is 11.7. The molecule has 124 valence electrons. The second kappa shape index (κ2) is 7.35. The zero-order chi connectivity index (χ0) is 16.9. The van der Waals surface area contributed by atoms with Gasteiger partial charge in [0.25, 0.3) is 0 Å². The fourth-order valence-corrected chi connectivity index (χ4v) is 2.76. The molecule has 0 unspecified atom stereocenters. The Balaban J connectivity index is 2.04. The van der Waals surface area contributed by atoms with E-state index >= 15 is 0 Å². The first-order valence-electron chi connectivity index (χ1n) is 8.51. The van der Waals surface area contributed by atoms with Crippen molar-refractivity contribution in [3.8, 4) is 22.7 Å². The van der Waals surface area contributed by atoms with E-state index in [9.17, 15) is 0 Å². The van der Waals surface area contributed by atoms with Gasteiger partial charge < -0.3 is 4.74 Å². The topological polar surface area (TPSA) is 27.1 Å². The zero-order valence-electron chi connectivity index (χ0n) is 14.6. The van der Waals surface area contributed by atoms with Crippen LogP contribution in [0, 0.1) is 6.92 Å². The highest BCUT2D eigenvalue weighted by Crippen LogP contribution is 2.26. The molecule has 0 bridgehead atoms. The molecule has 3 heteroatoms. The van der Waals surface area contributed by atoms with Crippen LogP contribution in [-0.2, 0) is 6.42 Å². The maximum Gasteiger partial charge on any atom is 0.119 e. The predicted molar refractivity (Wildman–Crippen MR) is 98.9 cm³/mol. The van der Waals surface area contributed by atoms with Crippen molar-refractivity contribution in [1.82, 2.24) is 9.78 Å². The van der Waals surface area contributed by atoms with Gasteiger partial charge in [-0.25, -0.2) is 4.68 Å². The van der Waals surface area contributed by atoms with Crippen LogP contribution in [0.5, 0.6) is 5.75 Å². The Bertz CT molecular complexity index is 786. The van der Waals surface area contributed by atoms with Gasteiger partial charge in [0, 0.05) is 5.56 Å². The number of methoxy groups -OCH3 is 1. The molecule has 3 aromatic rings. The molecule has 0 fully saturated rings. The van der Waals surface area contributed by atoms with E-state index in [2.05, 4.69) is 44.2 Å². The number of ether oxygens (including phenoxy) is 1. The summed E-state index contributed by atoms with van der Waals surface area (Å²) in [5.74, 6) is 0.856. The maximum atomic E-state index is 5.26. The van der Waals surface area contributed by atoms with Crippen molar-refractivity contribution in [3.63, 3.8) is 0 Å². The van der Waals surface area contributed by atoms with Crippen LogP contribution in [0.25, 0.3) is 16.9 Å². The van der Waals surface area contributed by atoms with Crippen molar-refractivity contribution >= 4 is 0 Å². The maximum absolute atomic E-state index is 5.26. The molecule has 0 saturated carbocycles. The molecule has 0 N–H and O–H groups in total. The Morgan fingerprint density at radius 2 is 1.71 bits per heavy atom. The quantitative estimate of drug-likeness (QED) is 0.624. The van der Waals surface area contributed by atoms with Crippen LogP contribution >= 0.6 is 0 Å². The van der Waals surface area contributed by atoms with Crippen LogP contribution < -0.4 is 4.74 Å². The molecule has 0 aliphatic heterocycles. The van der Waals surface area contributed by atoms with E-state index in [4.69, 9.17) is 9.84 Å². The molecule has 0 spiro atoms. The number of aryl methyl sites for hydroxylation is 2. The molecule has 0 atom stereocenters. The summed E-state index contributed by atoms with van der Waals surface area (Å²) >= 11 is 0. The number of hydrogen-bond donors (Lipinski definition) is 0. The van der Waals surface area contributed by atoms with Crippen molar-refractivity contribution in [2.24, 2.45) is 0 Å². The van der Waals surface area contributed by atoms with E-state index in [1.807, 2.05) is 28.9 Å². The van der Waals surface area contributed by atoms with E-state index in [0.717, 1.165) is 35.7 Å². The normalized spacial score (nSPS) is 10.8. The minimum absolute atomic E-state index is 0.856. The number of nitrogens with zero attached hydrogens (tertiary/aromatic N) is 2. The van der Waals surface area contributed by atoms with E-state index in [1.165, 1.54) is 17.5 Å². The number of benzene rings is 2. The van der Waals surface area contributed by atoms with Crippen LogP contribution in [0.2, 0.25) is 0 Å². The average molecular weight is 320 g/mol. The molecule has 0 amide bonds. The molecule has 0 radical (unpaired) electrons. The standard InChI is InChI=1S/C21H24N2O/c1-4-5-6-18-15-21(17-9-7-16(2)8-10-17)23(22-18)19-11-13-20(24-3)14-12-19/h7-15H,4-6H2,1-3H3. The van der Waals surface area contributed by atoms with Gasteiger partial charge in [-0.05, 0) is 50.1 Å². The predicted octanol–water partition coefficient (Wildman–Crippen LogP) is 5.20. The first kappa shape index (κ1) is 16.3. The third kappa shape index (κ3) is 3.51. The van der Waals surface area contributed by atoms with Crippen molar-refractivity contribution < 1.29 is 4.74 Å². The molecule has 1 heterocycles. The molecule has 2 aromatic carbocycles. The number of unbranched alkanes of at least 4 members (excludes halogenated alkanes) is 1. The van der Waals surface area contributed by atoms with Crippen LogP contribution in [0.15, 0.2) is 54.6 Å². The van der Waals surface area contributed by atoms with E-state index in [-0.39, 0.29) is 0 Å². The van der Waals surface area contributed by atoms with Gasteiger partial charge in [-0.2, -0.15) is 5.10 Å². The van der Waals surface area contributed by atoms with Crippen LogP contribution in [0.3, 0.4) is 0 Å². The lowest BCUT2D eigenvalue weighted by Crippen LogP contribution is -2.00. The van der Waals surface area contributed by atoms with Crippen LogP contribution in [-0.4, -0.2) is 16.9 Å². The van der Waals surface area contributed by atoms with Gasteiger partial charge in [0.1, 0.15) is 5.75 Å². The lowest BCUT2D eigenvalue weighted by atomic mass is 10.1. The highest BCUT2D eigenvalue weighted by atomic mass is 16.5. The fraction of sp³-hybridized carbons (Fsp3) is 0.286. The van der Waals surface area contributed by atoms with Gasteiger partial charge in [0.05, 0.1) is 24.2 Å². The molecule has 3 rings (SSSR count). The lowest BCUT2D eigenvalue weighted by Gasteiger charge is -2.09. The Morgan fingerprint density at radius 3 is 2.33 bits per heavy atom. The molecule has 0 aliphatic carbocycles. The number of hydrogen-bond acceptors (Lipinski definition) is 2. The Kier molecular flexibility index (Phi) is 4.99. The summed E-state index contributed by atoms with van der Waals surface area (Å²) in [6.45, 7) is 4.32. The van der Waals surface area contributed by atoms with Crippen LogP contribution in [0.4, 0.5) is 0 Å². The molecule has 0 saturated heterocycles. The minimum Gasteiger partial charge on any atom is -0.497 e. The van der Waals surface area contributed by atoms with E-state index < -0.39 is 0 Å². The molecule has 1 aromatic heterocycles. The first-order valence-corrected chi connectivity index (χ1v) is 8.51. The third-order valence-electron chi connectivity index (χ3n) is 4.21. The third-order valence-corrected chi connectivity index (χ3v) is 4.21. The van der Waals surface area contributed by atoms with Crippen molar-refractivity contribution in [3.05, 3.63) is 65.9 Å². The molecule has 0 aliphatic rings. The summed E-state index contributed by atoms with van der Waals surface area (Å²) in [6, 6.07) is 18.9. The number of rotatable bonds is 6. The highest BCUT2D eigenvalue weighted by Gasteiger charge is 2.11. The second-order valence-electron chi connectivity index (χ2n) is 6.10. The zero-order valence-corrected chi connectivity index (χ0v) is 14.6. The van der Waals surface area contributed by atoms with Gasteiger partial charge in [0.15, 0.2) is 0 Å². The second-order valence-corrected chi connectivity index (χ2v) is 6.10. The Labute approximate surface area is 143 Å². The summed E-state index contributed by atoms with van der Waals surface area (Å²) in [4.78, 5) is 0. The van der Waals surface area contributed by atoms with Gasteiger partial charge >= 0.3 is 0 Å². The summed E-state index contributed by atoms with van der Waals surface area (Å²) < 4.78 is 7.30. The summed E-state index contributed by atoms with van der Waals surface area (Å²) in [7, 11) is 1.68. The lowest BCUT2D eigenvalue weighted by molar-refractivity contribution is 0.414. The molecular weight excluding hydrogens is 296 g/mol. The number of aromatic nitrogens is 2. The van der Waals surface area contributed by atoms with Crippen molar-refractivity contribution in [1.29, 1.82) is 0 Å². The van der Waals surface area contributed by atoms with Crippen LogP contribution in [0.1, 0.15) is 31.0 Å². The van der Waals surface area contributed by atoms with Gasteiger partial charge in [0.2, 0.25) is 0 Å². The average Bonchev–Trinajstić information content (AvgIpc) is 3.05.